The number of fused-ring (bicyclic) bond motifs is 1. The zero-order valence-corrected chi connectivity index (χ0v) is 10.0. The van der Waals surface area contributed by atoms with Gasteiger partial charge in [0.05, 0.1) is 12.7 Å². The molecule has 0 aromatic carbocycles. The lowest BCUT2D eigenvalue weighted by molar-refractivity contribution is 0.305. The molecule has 3 heterocycles. The monoisotopic (exact) mass is 243 g/mol. The van der Waals surface area contributed by atoms with Crippen molar-refractivity contribution in [2.24, 2.45) is 11.8 Å². The molecular weight excluding hydrogens is 230 g/mol. The summed E-state index contributed by atoms with van der Waals surface area (Å²) in [5.74, 6) is 1.72. The molecule has 82 valence electrons. The van der Waals surface area contributed by atoms with Gasteiger partial charge in [0, 0.05) is 13.1 Å². The Morgan fingerprint density at radius 2 is 2.20 bits per heavy atom. The lowest BCUT2D eigenvalue weighted by atomic mass is 10.0. The van der Waals surface area contributed by atoms with E-state index in [9.17, 15) is 0 Å². The molecule has 1 N–H and O–H groups in total. The van der Waals surface area contributed by atoms with Gasteiger partial charge in [-0.25, -0.2) is 4.98 Å². The molecule has 2 atom stereocenters. The Morgan fingerprint density at radius 3 is 2.80 bits per heavy atom. The number of nitrogens with one attached hydrogen (secondary N) is 1. The van der Waals surface area contributed by atoms with E-state index in [4.69, 9.17) is 11.6 Å². The quantitative estimate of drug-likeness (QED) is 0.852. The number of hydrogen-bond donors (Lipinski definition) is 1. The Bertz CT molecular complexity index is 342. The van der Waals surface area contributed by atoms with Gasteiger partial charge in [-0.3, -0.25) is 4.90 Å². The third-order valence-electron chi connectivity index (χ3n) is 3.35. The normalized spacial score (nSPS) is 31.0. The molecule has 1 aromatic heterocycles. The summed E-state index contributed by atoms with van der Waals surface area (Å²) in [6.07, 6.45) is 1.75. The van der Waals surface area contributed by atoms with Gasteiger partial charge >= 0.3 is 0 Å². The number of halogens is 1. The number of thiazole rings is 1. The van der Waals surface area contributed by atoms with Crippen molar-refractivity contribution in [3.8, 4) is 0 Å². The highest BCUT2D eigenvalue weighted by molar-refractivity contribution is 7.15. The number of likely N-dealkylation sites (tertiary alicyclic amines) is 1. The van der Waals surface area contributed by atoms with Crippen molar-refractivity contribution in [3.05, 3.63) is 15.5 Å². The van der Waals surface area contributed by atoms with Gasteiger partial charge < -0.3 is 5.32 Å². The van der Waals surface area contributed by atoms with Crippen LogP contribution in [0.15, 0.2) is 6.20 Å². The van der Waals surface area contributed by atoms with E-state index in [-0.39, 0.29) is 0 Å². The molecule has 1 aromatic rings. The summed E-state index contributed by atoms with van der Waals surface area (Å²) in [5.41, 5.74) is 0. The summed E-state index contributed by atoms with van der Waals surface area (Å²) in [5, 5.41) is 4.60. The van der Waals surface area contributed by atoms with Gasteiger partial charge in [-0.05, 0) is 24.9 Å². The molecule has 3 nitrogen and oxygen atoms in total. The summed E-state index contributed by atoms with van der Waals surface area (Å²) in [4.78, 5) is 6.81. The Balaban J connectivity index is 1.61. The second kappa shape index (κ2) is 4.01. The van der Waals surface area contributed by atoms with Crippen LogP contribution in [0.4, 0.5) is 0 Å². The van der Waals surface area contributed by atoms with Crippen molar-refractivity contribution < 1.29 is 0 Å². The molecule has 3 rings (SSSR count). The van der Waals surface area contributed by atoms with Crippen LogP contribution in [0.2, 0.25) is 4.34 Å². The topological polar surface area (TPSA) is 28.2 Å². The Labute approximate surface area is 98.4 Å². The van der Waals surface area contributed by atoms with E-state index in [1.54, 1.807) is 17.5 Å². The first-order chi connectivity index (χ1) is 7.31. The molecule has 0 aliphatic carbocycles. The van der Waals surface area contributed by atoms with Crippen LogP contribution in [0.25, 0.3) is 0 Å². The molecule has 2 aliphatic heterocycles. The number of hydrogen-bond acceptors (Lipinski definition) is 4. The zero-order chi connectivity index (χ0) is 10.3. The van der Waals surface area contributed by atoms with Gasteiger partial charge in [-0.2, -0.15) is 0 Å². The summed E-state index contributed by atoms with van der Waals surface area (Å²) in [6.45, 7) is 5.80. The fourth-order valence-corrected chi connectivity index (χ4v) is 3.63. The van der Waals surface area contributed by atoms with Crippen LogP contribution in [0.3, 0.4) is 0 Å². The molecule has 2 saturated heterocycles. The summed E-state index contributed by atoms with van der Waals surface area (Å²) < 4.78 is 0.797. The van der Waals surface area contributed by atoms with E-state index in [2.05, 4.69) is 15.2 Å². The third kappa shape index (κ3) is 2.04. The average molecular weight is 244 g/mol. The van der Waals surface area contributed by atoms with Gasteiger partial charge in [0.25, 0.3) is 0 Å². The predicted molar refractivity (Wildman–Crippen MR) is 62.3 cm³/mol. The molecule has 0 saturated carbocycles. The largest absolute Gasteiger partial charge is 0.316 e. The Morgan fingerprint density at radius 1 is 1.47 bits per heavy atom. The van der Waals surface area contributed by atoms with Crippen molar-refractivity contribution >= 4 is 22.9 Å². The minimum absolute atomic E-state index is 0.797. The van der Waals surface area contributed by atoms with Crippen LogP contribution >= 0.6 is 22.9 Å². The second-order valence-corrected chi connectivity index (χ2v) is 6.18. The molecule has 0 bridgehead atoms. The third-order valence-corrected chi connectivity index (χ3v) is 4.45. The number of aromatic nitrogens is 1. The van der Waals surface area contributed by atoms with Crippen LogP contribution < -0.4 is 5.32 Å². The van der Waals surface area contributed by atoms with Gasteiger partial charge in [-0.1, -0.05) is 11.6 Å². The summed E-state index contributed by atoms with van der Waals surface area (Å²) >= 11 is 7.47. The highest BCUT2D eigenvalue weighted by Gasteiger charge is 2.35. The first-order valence-corrected chi connectivity index (χ1v) is 6.54. The maximum atomic E-state index is 5.87. The SMILES string of the molecule is Clc1cnc(CN2C[C@H]3CNC[C@H]3C2)s1. The summed E-state index contributed by atoms with van der Waals surface area (Å²) in [7, 11) is 0. The number of rotatable bonds is 2. The molecule has 0 radical (unpaired) electrons. The highest BCUT2D eigenvalue weighted by atomic mass is 35.5. The molecule has 2 fully saturated rings. The van der Waals surface area contributed by atoms with Gasteiger partial charge in [-0.15, -0.1) is 11.3 Å². The maximum Gasteiger partial charge on any atom is 0.113 e. The van der Waals surface area contributed by atoms with E-state index in [1.165, 1.54) is 26.2 Å². The minimum Gasteiger partial charge on any atom is -0.316 e. The van der Waals surface area contributed by atoms with Crippen molar-refractivity contribution in [2.75, 3.05) is 26.2 Å². The van der Waals surface area contributed by atoms with Crippen molar-refractivity contribution in [2.45, 2.75) is 6.54 Å². The predicted octanol–water partition coefficient (Wildman–Crippen LogP) is 1.45. The van der Waals surface area contributed by atoms with Crippen LogP contribution in [-0.4, -0.2) is 36.1 Å². The average Bonchev–Trinajstić information content (AvgIpc) is 2.81. The van der Waals surface area contributed by atoms with Gasteiger partial charge in [0.2, 0.25) is 0 Å². The fraction of sp³-hybridized carbons (Fsp3) is 0.700. The summed E-state index contributed by atoms with van der Waals surface area (Å²) in [6, 6.07) is 0. The molecule has 5 heteroatoms. The van der Waals surface area contributed by atoms with E-state index < -0.39 is 0 Å². The van der Waals surface area contributed by atoms with Crippen LogP contribution in [0.1, 0.15) is 5.01 Å². The van der Waals surface area contributed by atoms with Crippen molar-refractivity contribution in [1.82, 2.24) is 15.2 Å². The lowest BCUT2D eigenvalue weighted by Crippen LogP contribution is -2.25. The molecule has 0 amide bonds. The maximum absolute atomic E-state index is 5.87. The van der Waals surface area contributed by atoms with Crippen LogP contribution in [0, 0.1) is 11.8 Å². The van der Waals surface area contributed by atoms with Crippen LogP contribution in [-0.2, 0) is 6.54 Å². The van der Waals surface area contributed by atoms with E-state index >= 15 is 0 Å². The molecule has 0 unspecified atom stereocenters. The Kier molecular flexibility index (Phi) is 2.68. The molecular formula is C10H14ClN3S. The molecule has 0 spiro atoms. The van der Waals surface area contributed by atoms with E-state index in [1.807, 2.05) is 0 Å². The first kappa shape index (κ1) is 10.0. The number of nitrogens with zero attached hydrogens (tertiary/aromatic N) is 2. The Hall–Kier alpha value is -0.160. The van der Waals surface area contributed by atoms with E-state index in [0.717, 1.165) is 27.7 Å². The second-order valence-electron chi connectivity index (χ2n) is 4.43. The highest BCUT2D eigenvalue weighted by Crippen LogP contribution is 2.28. The van der Waals surface area contributed by atoms with Gasteiger partial charge in [0.15, 0.2) is 0 Å². The van der Waals surface area contributed by atoms with Crippen LogP contribution in [0.5, 0.6) is 0 Å². The molecule has 2 aliphatic rings. The minimum atomic E-state index is 0.797. The fourth-order valence-electron chi connectivity index (χ4n) is 2.63. The smallest absolute Gasteiger partial charge is 0.113 e. The van der Waals surface area contributed by atoms with Crippen molar-refractivity contribution in [3.63, 3.8) is 0 Å². The zero-order valence-electron chi connectivity index (χ0n) is 8.45. The standard InChI is InChI=1S/C10H14ClN3S/c11-9-3-13-10(15-9)6-14-4-7-1-12-2-8(7)5-14/h3,7-8,12H,1-2,4-6H2/t7-,8+. The van der Waals surface area contributed by atoms with Gasteiger partial charge in [0.1, 0.15) is 9.34 Å². The van der Waals surface area contributed by atoms with Crippen molar-refractivity contribution in [1.29, 1.82) is 0 Å². The molecule has 15 heavy (non-hydrogen) atoms. The van der Waals surface area contributed by atoms with E-state index in [0.29, 0.717) is 0 Å². The first-order valence-electron chi connectivity index (χ1n) is 5.34. The lowest BCUT2D eigenvalue weighted by Gasteiger charge is -2.14.